The Kier molecular flexibility index (Phi) is 6.86. The first-order valence-electron chi connectivity index (χ1n) is 11.3. The van der Waals surface area contributed by atoms with E-state index in [0.717, 1.165) is 0 Å². The molecule has 0 bridgehead atoms. The van der Waals surface area contributed by atoms with E-state index in [1.165, 1.54) is 32.3 Å². The van der Waals surface area contributed by atoms with Crippen LogP contribution in [0, 0.1) is 11.3 Å². The van der Waals surface area contributed by atoms with Gasteiger partial charge in [0.05, 0.1) is 52.1 Å². The monoisotopic (exact) mass is 501 g/mol. The van der Waals surface area contributed by atoms with Gasteiger partial charge in [0.25, 0.3) is 5.91 Å². The maximum atomic E-state index is 14.2. The van der Waals surface area contributed by atoms with E-state index >= 15 is 0 Å². The molecule has 0 aliphatic carbocycles. The van der Waals surface area contributed by atoms with Gasteiger partial charge in [-0.3, -0.25) is 14.6 Å². The lowest BCUT2D eigenvalue weighted by atomic mass is 10.0. The summed E-state index contributed by atoms with van der Waals surface area (Å²) in [4.78, 5) is 29.0. The molecule has 4 rings (SSSR count). The number of primary amides is 1. The number of amides is 2. The van der Waals surface area contributed by atoms with Gasteiger partial charge < -0.3 is 21.5 Å². The molecule has 0 saturated carbocycles. The Bertz CT molecular complexity index is 1540. The summed E-state index contributed by atoms with van der Waals surface area (Å²) in [7, 11) is 0. The predicted octanol–water partition coefficient (Wildman–Crippen LogP) is 2.95. The minimum Gasteiger partial charge on any atom is -0.387 e. The number of anilines is 2. The summed E-state index contributed by atoms with van der Waals surface area (Å²) in [5, 5.41) is 28.9. The van der Waals surface area contributed by atoms with Crippen LogP contribution in [0.2, 0.25) is 0 Å². The van der Waals surface area contributed by atoms with Crippen molar-refractivity contribution in [3.63, 3.8) is 0 Å². The maximum Gasteiger partial charge on any atom is 0.255 e. The molecule has 188 valence electrons. The van der Waals surface area contributed by atoms with Gasteiger partial charge in [0.2, 0.25) is 5.91 Å². The normalized spacial score (nSPS) is 12.1. The van der Waals surface area contributed by atoms with Crippen LogP contribution in [0.1, 0.15) is 40.1 Å². The highest BCUT2D eigenvalue weighted by molar-refractivity contribution is 6.01. The second kappa shape index (κ2) is 10.0. The summed E-state index contributed by atoms with van der Waals surface area (Å²) in [5.41, 5.74) is 7.11. The highest BCUT2D eigenvalue weighted by Gasteiger charge is 2.27. The second-order valence-corrected chi connectivity index (χ2v) is 8.93. The average Bonchev–Trinajstić information content (AvgIpc) is 3.29. The standard InChI is InChI=1S/C26H24FN7O3/c1-26(2,37)23(27)14-31-25(36)19-13-30-21(22-7-6-18-8-15(11-28)12-32-34(18)22)10-20(19)33-17-5-3-4-16(9-17)24(29)35/h3-10,12-13,23,37H,14H2,1-2H3,(H2,29,35)(H,30,33)(H,31,36)/t23-/m1/s1. The first-order chi connectivity index (χ1) is 17.6. The average molecular weight is 502 g/mol. The number of benzene rings is 1. The first kappa shape index (κ1) is 25.3. The van der Waals surface area contributed by atoms with Crippen molar-refractivity contribution in [2.45, 2.75) is 25.6 Å². The van der Waals surface area contributed by atoms with E-state index in [4.69, 9.17) is 11.0 Å². The fourth-order valence-corrected chi connectivity index (χ4v) is 3.57. The molecule has 2 amide bonds. The van der Waals surface area contributed by atoms with Crippen molar-refractivity contribution in [3.8, 4) is 17.5 Å². The van der Waals surface area contributed by atoms with E-state index < -0.39 is 30.1 Å². The van der Waals surface area contributed by atoms with Crippen LogP contribution in [0.15, 0.2) is 60.9 Å². The van der Waals surface area contributed by atoms with Crippen LogP contribution in [-0.4, -0.2) is 49.8 Å². The zero-order chi connectivity index (χ0) is 26.7. The Morgan fingerprint density at radius 3 is 2.70 bits per heavy atom. The molecule has 4 aromatic rings. The molecule has 0 saturated heterocycles. The van der Waals surface area contributed by atoms with Crippen molar-refractivity contribution in [2.75, 3.05) is 11.9 Å². The summed E-state index contributed by atoms with van der Waals surface area (Å²) in [5.74, 6) is -1.23. The van der Waals surface area contributed by atoms with Crippen LogP contribution in [0.5, 0.6) is 0 Å². The largest absolute Gasteiger partial charge is 0.387 e. The number of aliphatic hydroxyl groups is 1. The number of carbonyl (C=O) groups excluding carboxylic acids is 2. The van der Waals surface area contributed by atoms with Gasteiger partial charge >= 0.3 is 0 Å². The van der Waals surface area contributed by atoms with Crippen LogP contribution in [0.4, 0.5) is 15.8 Å². The fourth-order valence-electron chi connectivity index (χ4n) is 3.57. The van der Waals surface area contributed by atoms with Gasteiger partial charge in [0.15, 0.2) is 0 Å². The van der Waals surface area contributed by atoms with Gasteiger partial charge in [-0.25, -0.2) is 8.91 Å². The SMILES string of the molecule is CC(C)(O)[C@H](F)CNC(=O)c1cnc(-c2ccc3cc(C#N)cnn23)cc1Nc1cccc(C(N)=O)c1. The number of hydrogen-bond acceptors (Lipinski definition) is 7. The summed E-state index contributed by atoms with van der Waals surface area (Å²) < 4.78 is 15.8. The van der Waals surface area contributed by atoms with Gasteiger partial charge in [-0.05, 0) is 56.3 Å². The molecule has 37 heavy (non-hydrogen) atoms. The minimum absolute atomic E-state index is 0.108. The summed E-state index contributed by atoms with van der Waals surface area (Å²) in [6.45, 7) is 2.22. The lowest BCUT2D eigenvalue weighted by Crippen LogP contribution is -2.42. The number of pyridine rings is 1. The van der Waals surface area contributed by atoms with E-state index in [1.54, 1.807) is 47.0 Å². The molecule has 0 aliphatic heterocycles. The summed E-state index contributed by atoms with van der Waals surface area (Å²) in [6.07, 6.45) is 1.08. The van der Waals surface area contributed by atoms with E-state index in [2.05, 4.69) is 20.7 Å². The highest BCUT2D eigenvalue weighted by atomic mass is 19.1. The van der Waals surface area contributed by atoms with Gasteiger partial charge in [0.1, 0.15) is 12.2 Å². The fraction of sp³-hybridized carbons (Fsp3) is 0.192. The van der Waals surface area contributed by atoms with Crippen LogP contribution >= 0.6 is 0 Å². The molecule has 1 atom stereocenters. The molecule has 0 unspecified atom stereocenters. The lowest BCUT2D eigenvalue weighted by Gasteiger charge is -2.22. The maximum absolute atomic E-state index is 14.2. The number of carbonyl (C=O) groups is 2. The van der Waals surface area contributed by atoms with E-state index in [-0.39, 0.29) is 11.1 Å². The topological polar surface area (TPSA) is 158 Å². The van der Waals surface area contributed by atoms with Gasteiger partial charge in [-0.1, -0.05) is 6.07 Å². The number of nitriles is 1. The third-order valence-corrected chi connectivity index (χ3v) is 5.67. The number of nitrogens with two attached hydrogens (primary N) is 1. The Labute approximate surface area is 211 Å². The number of halogens is 1. The third kappa shape index (κ3) is 5.55. The third-order valence-electron chi connectivity index (χ3n) is 5.67. The van der Waals surface area contributed by atoms with Crippen LogP contribution in [-0.2, 0) is 0 Å². The van der Waals surface area contributed by atoms with Crippen molar-refractivity contribution in [1.82, 2.24) is 19.9 Å². The van der Waals surface area contributed by atoms with Crippen LogP contribution in [0.3, 0.4) is 0 Å². The number of aromatic nitrogens is 3. The summed E-state index contributed by atoms with van der Waals surface area (Å²) in [6, 6.07) is 15.3. The molecule has 3 aromatic heterocycles. The molecule has 3 heterocycles. The quantitative estimate of drug-likeness (QED) is 0.289. The number of nitrogens with one attached hydrogen (secondary N) is 2. The van der Waals surface area contributed by atoms with Gasteiger partial charge in [-0.15, -0.1) is 0 Å². The first-order valence-corrected chi connectivity index (χ1v) is 11.3. The Morgan fingerprint density at radius 1 is 1.22 bits per heavy atom. The number of fused-ring (bicyclic) bond motifs is 1. The van der Waals surface area contributed by atoms with Crippen molar-refractivity contribution >= 4 is 28.7 Å². The number of hydrogen-bond donors (Lipinski definition) is 4. The lowest BCUT2D eigenvalue weighted by molar-refractivity contribution is -0.00177. The Balaban J connectivity index is 1.73. The smallest absolute Gasteiger partial charge is 0.255 e. The minimum atomic E-state index is -1.69. The van der Waals surface area contributed by atoms with Gasteiger partial charge in [0, 0.05) is 17.4 Å². The Hall–Kier alpha value is -4.82. The zero-order valence-electron chi connectivity index (χ0n) is 20.1. The molecule has 5 N–H and O–H groups in total. The molecule has 10 nitrogen and oxygen atoms in total. The number of alkyl halides is 1. The van der Waals surface area contributed by atoms with E-state index in [9.17, 15) is 19.1 Å². The molecular formula is C26H24FN7O3. The molecule has 0 radical (unpaired) electrons. The van der Waals surface area contributed by atoms with E-state index in [1.807, 2.05) is 6.07 Å². The van der Waals surface area contributed by atoms with Crippen molar-refractivity contribution in [1.29, 1.82) is 5.26 Å². The molecule has 1 aromatic carbocycles. The highest BCUT2D eigenvalue weighted by Crippen LogP contribution is 2.28. The predicted molar refractivity (Wildman–Crippen MR) is 135 cm³/mol. The molecular weight excluding hydrogens is 477 g/mol. The van der Waals surface area contributed by atoms with Crippen LogP contribution in [0.25, 0.3) is 16.9 Å². The van der Waals surface area contributed by atoms with Crippen LogP contribution < -0.4 is 16.4 Å². The van der Waals surface area contributed by atoms with Crippen molar-refractivity contribution < 1.29 is 19.1 Å². The van der Waals surface area contributed by atoms with Crippen molar-refractivity contribution in [3.05, 3.63) is 77.6 Å². The zero-order valence-corrected chi connectivity index (χ0v) is 20.1. The van der Waals surface area contributed by atoms with Crippen molar-refractivity contribution in [2.24, 2.45) is 5.73 Å². The molecule has 0 fully saturated rings. The summed E-state index contributed by atoms with van der Waals surface area (Å²) >= 11 is 0. The number of nitrogens with zero attached hydrogens (tertiary/aromatic N) is 4. The molecule has 0 aliphatic rings. The van der Waals surface area contributed by atoms with Gasteiger partial charge in [-0.2, -0.15) is 10.4 Å². The van der Waals surface area contributed by atoms with E-state index in [0.29, 0.717) is 33.8 Å². The molecule has 0 spiro atoms. The molecule has 11 heteroatoms. The Morgan fingerprint density at radius 2 is 2.00 bits per heavy atom. The number of rotatable bonds is 8. The second-order valence-electron chi connectivity index (χ2n) is 8.93.